The van der Waals surface area contributed by atoms with Crippen LogP contribution in [0.2, 0.25) is 0 Å². The molecule has 1 atom stereocenters. The highest BCUT2D eigenvalue weighted by molar-refractivity contribution is 5.32. The highest BCUT2D eigenvalue weighted by atomic mass is 15.3. The molecule has 0 saturated heterocycles. The van der Waals surface area contributed by atoms with Gasteiger partial charge in [-0.05, 0) is 48.8 Å². The summed E-state index contributed by atoms with van der Waals surface area (Å²) in [5, 5.41) is 4.34. The van der Waals surface area contributed by atoms with Crippen LogP contribution in [0.25, 0.3) is 0 Å². The highest BCUT2D eigenvalue weighted by Gasteiger charge is 2.28. The number of fused-ring (bicyclic) bond motifs is 1. The molecule has 1 aromatic carbocycles. The summed E-state index contributed by atoms with van der Waals surface area (Å²) in [5.74, 6) is 6.37. The molecular formula is C16H22N4. The van der Waals surface area contributed by atoms with Gasteiger partial charge in [-0.25, -0.2) is 0 Å². The van der Waals surface area contributed by atoms with Gasteiger partial charge in [0.25, 0.3) is 0 Å². The third kappa shape index (κ3) is 2.62. The summed E-state index contributed by atoms with van der Waals surface area (Å²) in [7, 11) is 0. The van der Waals surface area contributed by atoms with Crippen LogP contribution in [0.15, 0.2) is 36.7 Å². The number of hydrazine groups is 1. The lowest BCUT2D eigenvalue weighted by Crippen LogP contribution is -2.42. The minimum Gasteiger partial charge on any atom is -0.273 e. The van der Waals surface area contributed by atoms with Crippen LogP contribution < -0.4 is 11.3 Å². The monoisotopic (exact) mass is 270 g/mol. The average molecular weight is 270 g/mol. The molecule has 0 bridgehead atoms. The number of nitrogens with one attached hydrogen (secondary N) is 1. The van der Waals surface area contributed by atoms with Crippen LogP contribution in [0.5, 0.6) is 0 Å². The molecule has 1 unspecified atom stereocenters. The van der Waals surface area contributed by atoms with Gasteiger partial charge in [-0.15, -0.1) is 0 Å². The molecule has 3 rings (SSSR count). The number of aryl methyl sites for hydroxylation is 1. The number of nitrogens with two attached hydrogens (primary N) is 1. The molecule has 0 fully saturated rings. The Balaban J connectivity index is 1.69. The van der Waals surface area contributed by atoms with Crippen LogP contribution in [0.3, 0.4) is 0 Å². The van der Waals surface area contributed by atoms with Crippen molar-refractivity contribution in [1.29, 1.82) is 0 Å². The molecule has 1 aliphatic rings. The Morgan fingerprint density at radius 3 is 2.60 bits per heavy atom. The number of nitrogens with zero attached hydrogens (tertiary/aromatic N) is 2. The fraction of sp³-hybridized carbons (Fsp3) is 0.438. The van der Waals surface area contributed by atoms with Crippen LogP contribution in [-0.4, -0.2) is 15.8 Å². The van der Waals surface area contributed by atoms with E-state index in [9.17, 15) is 0 Å². The van der Waals surface area contributed by atoms with Crippen molar-refractivity contribution in [3.8, 4) is 0 Å². The SMILES string of the molecule is CCn1cc(CC(NN)C2Cc3ccccc3C2)cn1. The second-order valence-corrected chi connectivity index (χ2v) is 5.62. The summed E-state index contributed by atoms with van der Waals surface area (Å²) in [6, 6.07) is 9.02. The van der Waals surface area contributed by atoms with E-state index in [0.717, 1.165) is 25.8 Å². The number of hydrogen-bond donors (Lipinski definition) is 2. The largest absolute Gasteiger partial charge is 0.273 e. The third-order valence-electron chi connectivity index (χ3n) is 4.33. The summed E-state index contributed by atoms with van der Waals surface area (Å²) in [4.78, 5) is 0. The predicted molar refractivity (Wildman–Crippen MR) is 80.1 cm³/mol. The molecule has 106 valence electrons. The molecule has 1 aliphatic carbocycles. The molecule has 1 aromatic heterocycles. The summed E-state index contributed by atoms with van der Waals surface area (Å²) in [6.07, 6.45) is 7.25. The Hall–Kier alpha value is -1.65. The van der Waals surface area contributed by atoms with Gasteiger partial charge in [-0.1, -0.05) is 24.3 Å². The van der Waals surface area contributed by atoms with E-state index in [2.05, 4.69) is 47.9 Å². The molecule has 0 saturated carbocycles. The molecule has 0 amide bonds. The molecule has 3 N–H and O–H groups in total. The average Bonchev–Trinajstić information content (AvgIpc) is 3.10. The van der Waals surface area contributed by atoms with Gasteiger partial charge in [0, 0.05) is 18.8 Å². The molecule has 2 aromatic rings. The minimum absolute atomic E-state index is 0.303. The maximum absolute atomic E-state index is 5.80. The second kappa shape index (κ2) is 5.77. The predicted octanol–water partition coefficient (Wildman–Crippen LogP) is 1.69. The first kappa shape index (κ1) is 13.3. The Kier molecular flexibility index (Phi) is 3.85. The quantitative estimate of drug-likeness (QED) is 0.642. The van der Waals surface area contributed by atoms with Gasteiger partial charge in [0.1, 0.15) is 0 Å². The summed E-state index contributed by atoms with van der Waals surface area (Å²) < 4.78 is 1.96. The van der Waals surface area contributed by atoms with Crippen molar-refractivity contribution >= 4 is 0 Å². The van der Waals surface area contributed by atoms with Crippen molar-refractivity contribution in [2.45, 2.75) is 38.8 Å². The lowest BCUT2D eigenvalue weighted by Gasteiger charge is -2.22. The van der Waals surface area contributed by atoms with E-state index in [-0.39, 0.29) is 0 Å². The van der Waals surface area contributed by atoms with E-state index in [1.165, 1.54) is 16.7 Å². The Bertz CT molecular complexity index is 550. The van der Waals surface area contributed by atoms with E-state index in [1.807, 2.05) is 10.9 Å². The zero-order valence-electron chi connectivity index (χ0n) is 11.9. The normalized spacial score (nSPS) is 16.3. The van der Waals surface area contributed by atoms with Crippen molar-refractivity contribution < 1.29 is 0 Å². The number of aromatic nitrogens is 2. The zero-order chi connectivity index (χ0) is 13.9. The molecular weight excluding hydrogens is 248 g/mol. The number of rotatable bonds is 5. The van der Waals surface area contributed by atoms with Crippen LogP contribution in [0, 0.1) is 5.92 Å². The lowest BCUT2D eigenvalue weighted by atomic mass is 9.92. The van der Waals surface area contributed by atoms with Gasteiger partial charge >= 0.3 is 0 Å². The highest BCUT2D eigenvalue weighted by Crippen LogP contribution is 2.29. The fourth-order valence-corrected chi connectivity index (χ4v) is 3.18. The van der Waals surface area contributed by atoms with Crippen LogP contribution in [0.4, 0.5) is 0 Å². The zero-order valence-corrected chi connectivity index (χ0v) is 11.9. The van der Waals surface area contributed by atoms with E-state index in [0.29, 0.717) is 12.0 Å². The van der Waals surface area contributed by atoms with Gasteiger partial charge in [0.2, 0.25) is 0 Å². The first-order valence-corrected chi connectivity index (χ1v) is 7.34. The molecule has 4 heteroatoms. The first-order valence-electron chi connectivity index (χ1n) is 7.34. The number of benzene rings is 1. The van der Waals surface area contributed by atoms with E-state index < -0.39 is 0 Å². The van der Waals surface area contributed by atoms with Crippen molar-refractivity contribution in [2.75, 3.05) is 0 Å². The standard InChI is InChI=1S/C16H22N4/c1-2-20-11-12(10-18-20)7-16(19-17)15-8-13-5-3-4-6-14(13)9-15/h3-6,10-11,15-16,19H,2,7-9,17H2,1H3. The van der Waals surface area contributed by atoms with Gasteiger partial charge in [-0.2, -0.15) is 5.10 Å². The van der Waals surface area contributed by atoms with E-state index in [4.69, 9.17) is 5.84 Å². The first-order chi connectivity index (χ1) is 9.80. The van der Waals surface area contributed by atoms with Gasteiger partial charge in [0.05, 0.1) is 6.20 Å². The van der Waals surface area contributed by atoms with Crippen LogP contribution in [0.1, 0.15) is 23.6 Å². The van der Waals surface area contributed by atoms with Gasteiger partial charge < -0.3 is 0 Å². The smallest absolute Gasteiger partial charge is 0.0522 e. The van der Waals surface area contributed by atoms with Crippen LogP contribution in [-0.2, 0) is 25.8 Å². The Morgan fingerprint density at radius 1 is 1.35 bits per heavy atom. The van der Waals surface area contributed by atoms with Crippen molar-refractivity contribution in [1.82, 2.24) is 15.2 Å². The third-order valence-corrected chi connectivity index (χ3v) is 4.33. The van der Waals surface area contributed by atoms with Crippen LogP contribution >= 0.6 is 0 Å². The summed E-state index contributed by atoms with van der Waals surface area (Å²) >= 11 is 0. The molecule has 0 radical (unpaired) electrons. The topological polar surface area (TPSA) is 55.9 Å². The minimum atomic E-state index is 0.303. The Labute approximate surface area is 120 Å². The molecule has 4 nitrogen and oxygen atoms in total. The van der Waals surface area contributed by atoms with E-state index in [1.54, 1.807) is 0 Å². The van der Waals surface area contributed by atoms with Crippen molar-refractivity contribution in [3.63, 3.8) is 0 Å². The fourth-order valence-electron chi connectivity index (χ4n) is 3.18. The molecule has 0 spiro atoms. The molecule has 20 heavy (non-hydrogen) atoms. The van der Waals surface area contributed by atoms with E-state index >= 15 is 0 Å². The molecule has 1 heterocycles. The maximum atomic E-state index is 5.80. The molecule has 0 aliphatic heterocycles. The summed E-state index contributed by atoms with van der Waals surface area (Å²) in [6.45, 7) is 3.01. The maximum Gasteiger partial charge on any atom is 0.0522 e. The van der Waals surface area contributed by atoms with Gasteiger partial charge in [0.15, 0.2) is 0 Å². The van der Waals surface area contributed by atoms with Crippen molar-refractivity contribution in [2.24, 2.45) is 11.8 Å². The number of hydrogen-bond acceptors (Lipinski definition) is 3. The summed E-state index contributed by atoms with van der Waals surface area (Å²) in [5.41, 5.74) is 7.22. The Morgan fingerprint density at radius 2 is 2.05 bits per heavy atom. The van der Waals surface area contributed by atoms with Gasteiger partial charge in [-0.3, -0.25) is 16.0 Å². The lowest BCUT2D eigenvalue weighted by molar-refractivity contribution is 0.367. The van der Waals surface area contributed by atoms with Crippen molar-refractivity contribution in [3.05, 3.63) is 53.3 Å². The second-order valence-electron chi connectivity index (χ2n) is 5.62.